The van der Waals surface area contributed by atoms with E-state index in [-0.39, 0.29) is 5.41 Å². The van der Waals surface area contributed by atoms with E-state index in [1.807, 2.05) is 0 Å². The second-order valence-corrected chi connectivity index (χ2v) is 13.4. The average molecular weight is 614 g/mol. The standard InChI is InChI=1S/C47H35N/c1-47(2)45-22-11-10-21-42(45)43-28-27-38(31-46(43)47)48(36-16-4-3-5-17-36)37-25-23-32(24-26-37)33-14-12-15-34(29-33)44-30-35-13-6-7-18-39(35)40-19-8-9-20-41(40)44/h3-31H,1-2H3. The van der Waals surface area contributed by atoms with Crippen LogP contribution >= 0.6 is 0 Å². The van der Waals surface area contributed by atoms with Crippen molar-refractivity contribution in [3.05, 3.63) is 187 Å². The average Bonchev–Trinajstić information content (AvgIpc) is 3.38. The van der Waals surface area contributed by atoms with Crippen LogP contribution in [0.3, 0.4) is 0 Å². The maximum absolute atomic E-state index is 2.40. The molecule has 0 fully saturated rings. The Labute approximate surface area is 282 Å². The molecule has 0 saturated carbocycles. The SMILES string of the molecule is CC1(C)c2ccccc2-c2ccc(N(c3ccccc3)c3ccc(-c4cccc(-c5cc6ccccc6c6ccccc56)c4)cc3)cc21. The van der Waals surface area contributed by atoms with E-state index in [0.29, 0.717) is 0 Å². The van der Waals surface area contributed by atoms with Gasteiger partial charge in [0.25, 0.3) is 0 Å². The largest absolute Gasteiger partial charge is 0.310 e. The molecule has 0 unspecified atom stereocenters. The lowest BCUT2D eigenvalue weighted by atomic mass is 9.82. The van der Waals surface area contributed by atoms with Gasteiger partial charge in [-0.05, 0) is 115 Å². The number of hydrogen-bond donors (Lipinski definition) is 0. The van der Waals surface area contributed by atoms with Gasteiger partial charge in [-0.2, -0.15) is 0 Å². The molecule has 0 saturated heterocycles. The first kappa shape index (κ1) is 28.3. The Bertz CT molecular complexity index is 2470. The van der Waals surface area contributed by atoms with Gasteiger partial charge in [-0.1, -0.05) is 141 Å². The first-order valence-electron chi connectivity index (χ1n) is 16.8. The summed E-state index contributed by atoms with van der Waals surface area (Å²) in [6.07, 6.45) is 0. The molecule has 0 N–H and O–H groups in total. The molecule has 0 bridgehead atoms. The van der Waals surface area contributed by atoms with Crippen molar-refractivity contribution in [1.29, 1.82) is 0 Å². The summed E-state index contributed by atoms with van der Waals surface area (Å²) in [4.78, 5) is 2.38. The first-order valence-corrected chi connectivity index (χ1v) is 16.8. The van der Waals surface area contributed by atoms with Crippen molar-refractivity contribution in [1.82, 2.24) is 0 Å². The molecule has 8 aromatic carbocycles. The van der Waals surface area contributed by atoms with Gasteiger partial charge in [0.05, 0.1) is 0 Å². The maximum atomic E-state index is 2.40. The molecule has 0 radical (unpaired) electrons. The van der Waals surface area contributed by atoms with E-state index < -0.39 is 0 Å². The highest BCUT2D eigenvalue weighted by atomic mass is 15.1. The second kappa shape index (κ2) is 11.1. The van der Waals surface area contributed by atoms with Gasteiger partial charge >= 0.3 is 0 Å². The molecule has 1 aliphatic carbocycles. The minimum Gasteiger partial charge on any atom is -0.310 e. The summed E-state index contributed by atoms with van der Waals surface area (Å²) in [5.41, 5.74) is 13.7. The summed E-state index contributed by atoms with van der Waals surface area (Å²) in [6.45, 7) is 4.69. The summed E-state index contributed by atoms with van der Waals surface area (Å²) < 4.78 is 0. The molecule has 0 aliphatic heterocycles. The van der Waals surface area contributed by atoms with Gasteiger partial charge in [-0.3, -0.25) is 0 Å². The van der Waals surface area contributed by atoms with E-state index in [1.165, 1.54) is 71.7 Å². The third-order valence-corrected chi connectivity index (χ3v) is 10.2. The van der Waals surface area contributed by atoms with Gasteiger partial charge in [0, 0.05) is 22.5 Å². The summed E-state index contributed by atoms with van der Waals surface area (Å²) in [7, 11) is 0. The molecule has 0 heterocycles. The van der Waals surface area contributed by atoms with Crippen LogP contribution in [0, 0.1) is 0 Å². The highest BCUT2D eigenvalue weighted by molar-refractivity contribution is 6.13. The highest BCUT2D eigenvalue weighted by Gasteiger charge is 2.35. The van der Waals surface area contributed by atoms with Crippen molar-refractivity contribution < 1.29 is 0 Å². The van der Waals surface area contributed by atoms with Crippen molar-refractivity contribution in [3.8, 4) is 33.4 Å². The minimum atomic E-state index is -0.0600. The predicted octanol–water partition coefficient (Wildman–Crippen LogP) is 13.1. The molecule has 228 valence electrons. The molecular weight excluding hydrogens is 579 g/mol. The predicted molar refractivity (Wildman–Crippen MR) is 205 cm³/mol. The Morgan fingerprint density at radius 3 is 1.81 bits per heavy atom. The van der Waals surface area contributed by atoms with Crippen LogP contribution in [0.2, 0.25) is 0 Å². The van der Waals surface area contributed by atoms with Gasteiger partial charge in [0.15, 0.2) is 0 Å². The molecule has 48 heavy (non-hydrogen) atoms. The summed E-state index contributed by atoms with van der Waals surface area (Å²) >= 11 is 0. The molecule has 1 nitrogen and oxygen atoms in total. The molecule has 1 aliphatic rings. The Hall–Kier alpha value is -5.92. The van der Waals surface area contributed by atoms with Crippen LogP contribution in [0.5, 0.6) is 0 Å². The lowest BCUT2D eigenvalue weighted by molar-refractivity contribution is 0.660. The van der Waals surface area contributed by atoms with E-state index in [9.17, 15) is 0 Å². The van der Waals surface area contributed by atoms with E-state index in [2.05, 4.69) is 195 Å². The second-order valence-electron chi connectivity index (χ2n) is 13.4. The van der Waals surface area contributed by atoms with Gasteiger partial charge < -0.3 is 4.90 Å². The number of benzene rings is 8. The Morgan fingerprint density at radius 2 is 0.979 bits per heavy atom. The fraction of sp³-hybridized carbons (Fsp3) is 0.0638. The molecule has 8 aromatic rings. The van der Waals surface area contributed by atoms with Gasteiger partial charge in [-0.15, -0.1) is 0 Å². The first-order chi connectivity index (χ1) is 23.6. The summed E-state index contributed by atoms with van der Waals surface area (Å²) in [6, 6.07) is 64.3. The zero-order chi connectivity index (χ0) is 32.2. The Morgan fingerprint density at radius 1 is 0.354 bits per heavy atom. The Kier molecular flexibility index (Phi) is 6.55. The zero-order valence-corrected chi connectivity index (χ0v) is 27.2. The van der Waals surface area contributed by atoms with Crippen molar-refractivity contribution in [3.63, 3.8) is 0 Å². The highest BCUT2D eigenvalue weighted by Crippen LogP contribution is 2.50. The fourth-order valence-corrected chi connectivity index (χ4v) is 7.82. The number of nitrogens with zero attached hydrogens (tertiary/aromatic N) is 1. The lowest BCUT2D eigenvalue weighted by Gasteiger charge is -2.28. The number of anilines is 3. The fourth-order valence-electron chi connectivity index (χ4n) is 7.82. The van der Waals surface area contributed by atoms with Crippen LogP contribution in [0.15, 0.2) is 176 Å². The van der Waals surface area contributed by atoms with Crippen molar-refractivity contribution >= 4 is 38.6 Å². The third-order valence-electron chi connectivity index (χ3n) is 10.2. The molecule has 0 amide bonds. The maximum Gasteiger partial charge on any atom is 0.0465 e. The zero-order valence-electron chi connectivity index (χ0n) is 27.2. The molecular formula is C47H35N. The monoisotopic (exact) mass is 613 g/mol. The topological polar surface area (TPSA) is 3.24 Å². The quantitative estimate of drug-likeness (QED) is 0.175. The van der Waals surface area contributed by atoms with Crippen LogP contribution in [-0.4, -0.2) is 0 Å². The summed E-state index contributed by atoms with van der Waals surface area (Å²) in [5, 5.41) is 5.13. The van der Waals surface area contributed by atoms with E-state index in [0.717, 1.165) is 11.4 Å². The summed E-state index contributed by atoms with van der Waals surface area (Å²) in [5.74, 6) is 0. The van der Waals surface area contributed by atoms with Gasteiger partial charge in [0.2, 0.25) is 0 Å². The Balaban J connectivity index is 1.11. The normalized spacial score (nSPS) is 13.0. The van der Waals surface area contributed by atoms with Crippen LogP contribution < -0.4 is 4.90 Å². The smallest absolute Gasteiger partial charge is 0.0465 e. The van der Waals surface area contributed by atoms with Crippen molar-refractivity contribution in [2.24, 2.45) is 0 Å². The molecule has 9 rings (SSSR count). The number of fused-ring (bicyclic) bond motifs is 6. The van der Waals surface area contributed by atoms with Crippen LogP contribution in [0.1, 0.15) is 25.0 Å². The van der Waals surface area contributed by atoms with Crippen LogP contribution in [-0.2, 0) is 5.41 Å². The molecule has 0 atom stereocenters. The van der Waals surface area contributed by atoms with Crippen LogP contribution in [0.4, 0.5) is 17.1 Å². The third kappa shape index (κ3) is 4.54. The van der Waals surface area contributed by atoms with E-state index in [4.69, 9.17) is 0 Å². The molecule has 0 aromatic heterocycles. The number of rotatable bonds is 5. The van der Waals surface area contributed by atoms with Gasteiger partial charge in [-0.25, -0.2) is 0 Å². The van der Waals surface area contributed by atoms with Crippen molar-refractivity contribution in [2.45, 2.75) is 19.3 Å². The molecule has 1 heteroatoms. The van der Waals surface area contributed by atoms with E-state index in [1.54, 1.807) is 0 Å². The van der Waals surface area contributed by atoms with Crippen LogP contribution in [0.25, 0.3) is 54.9 Å². The minimum absolute atomic E-state index is 0.0600. The van der Waals surface area contributed by atoms with E-state index >= 15 is 0 Å². The lowest BCUT2D eigenvalue weighted by Crippen LogP contribution is -2.16. The van der Waals surface area contributed by atoms with Crippen molar-refractivity contribution in [2.75, 3.05) is 4.90 Å². The number of para-hydroxylation sites is 1. The number of hydrogen-bond acceptors (Lipinski definition) is 1. The molecule has 0 spiro atoms. The van der Waals surface area contributed by atoms with Gasteiger partial charge in [0.1, 0.15) is 0 Å².